The summed E-state index contributed by atoms with van der Waals surface area (Å²) in [5, 5.41) is 15.0. The van der Waals surface area contributed by atoms with Crippen LogP contribution >= 0.6 is 31.9 Å². The Hall–Kier alpha value is -3.41. The van der Waals surface area contributed by atoms with Gasteiger partial charge in [0.05, 0.1) is 8.95 Å². The summed E-state index contributed by atoms with van der Waals surface area (Å²) < 4.78 is 6.81. The third kappa shape index (κ3) is 7.04. The maximum atomic E-state index is 12.5. The molecule has 0 saturated heterocycles. The first-order chi connectivity index (χ1) is 16.2. The van der Waals surface area contributed by atoms with Gasteiger partial charge in [-0.1, -0.05) is 29.8 Å². The zero-order valence-corrected chi connectivity index (χ0v) is 21.7. The minimum atomic E-state index is -0.508. The number of amides is 2. The maximum Gasteiger partial charge on any atom is 0.266 e. The third-order valence-electron chi connectivity index (χ3n) is 4.66. The number of benzene rings is 3. The molecule has 0 fully saturated rings. The quantitative estimate of drug-likeness (QED) is 0.249. The summed E-state index contributed by atoms with van der Waals surface area (Å²) in [6, 6.07) is 20.1. The van der Waals surface area contributed by atoms with E-state index in [1.807, 2.05) is 50.2 Å². The van der Waals surface area contributed by atoms with Gasteiger partial charge >= 0.3 is 0 Å². The van der Waals surface area contributed by atoms with Gasteiger partial charge in [-0.25, -0.2) is 0 Å². The zero-order valence-electron chi connectivity index (χ0n) is 18.5. The molecule has 172 valence electrons. The van der Waals surface area contributed by atoms with Gasteiger partial charge in [0.25, 0.3) is 11.8 Å². The van der Waals surface area contributed by atoms with E-state index in [0.29, 0.717) is 31.6 Å². The molecule has 3 aromatic carbocycles. The average Bonchev–Trinajstić information content (AvgIpc) is 2.78. The number of carbonyl (C=O) groups is 2. The molecule has 0 saturated carbocycles. The minimum absolute atomic E-state index is 0.0504. The number of rotatable bonds is 7. The highest BCUT2D eigenvalue weighted by molar-refractivity contribution is 9.11. The van der Waals surface area contributed by atoms with Crippen LogP contribution in [0, 0.1) is 25.2 Å². The fourth-order valence-corrected chi connectivity index (χ4v) is 4.46. The average molecular weight is 583 g/mol. The van der Waals surface area contributed by atoms with Crippen LogP contribution in [-0.2, 0) is 9.59 Å². The molecule has 0 aliphatic rings. The lowest BCUT2D eigenvalue weighted by molar-refractivity contribution is -0.118. The molecular weight excluding hydrogens is 562 g/mol. The number of ether oxygens (including phenoxy) is 1. The summed E-state index contributed by atoms with van der Waals surface area (Å²) in [6.07, 6.45) is 1.48. The molecule has 6 nitrogen and oxygen atoms in total. The highest BCUT2D eigenvalue weighted by atomic mass is 79.9. The topological polar surface area (TPSA) is 91.2 Å². The largest absolute Gasteiger partial charge is 0.481 e. The van der Waals surface area contributed by atoms with Crippen molar-refractivity contribution < 1.29 is 14.3 Å². The summed E-state index contributed by atoms with van der Waals surface area (Å²) in [5.74, 6) is -0.376. The monoisotopic (exact) mass is 581 g/mol. The van der Waals surface area contributed by atoms with Gasteiger partial charge < -0.3 is 15.4 Å². The van der Waals surface area contributed by atoms with Crippen LogP contribution in [0.5, 0.6) is 5.75 Å². The number of hydrogen-bond acceptors (Lipinski definition) is 4. The van der Waals surface area contributed by atoms with Crippen LogP contribution in [0.2, 0.25) is 0 Å². The second-order valence-electron chi connectivity index (χ2n) is 7.51. The second-order valence-corrected chi connectivity index (χ2v) is 9.22. The van der Waals surface area contributed by atoms with Gasteiger partial charge in [0, 0.05) is 11.4 Å². The lowest BCUT2D eigenvalue weighted by Crippen LogP contribution is -2.20. The van der Waals surface area contributed by atoms with Gasteiger partial charge in [-0.3, -0.25) is 9.59 Å². The van der Waals surface area contributed by atoms with E-state index in [2.05, 4.69) is 42.5 Å². The van der Waals surface area contributed by atoms with Gasteiger partial charge in [0.15, 0.2) is 6.61 Å². The van der Waals surface area contributed by atoms with E-state index in [-0.39, 0.29) is 18.1 Å². The molecule has 3 aromatic rings. The van der Waals surface area contributed by atoms with Crippen molar-refractivity contribution in [1.29, 1.82) is 5.26 Å². The van der Waals surface area contributed by atoms with E-state index in [0.717, 1.165) is 11.1 Å². The molecule has 0 heterocycles. The second kappa shape index (κ2) is 11.6. The van der Waals surface area contributed by atoms with Gasteiger partial charge in [-0.2, -0.15) is 5.26 Å². The van der Waals surface area contributed by atoms with Gasteiger partial charge in [-0.15, -0.1) is 0 Å². The Labute approximate surface area is 214 Å². The van der Waals surface area contributed by atoms with E-state index < -0.39 is 5.91 Å². The fraction of sp³-hybridized carbons (Fsp3) is 0.115. The first-order valence-corrected chi connectivity index (χ1v) is 11.8. The van der Waals surface area contributed by atoms with Crippen LogP contribution in [0.1, 0.15) is 16.7 Å². The molecule has 0 radical (unpaired) electrons. The molecular formula is C26H21Br2N3O3. The molecule has 0 atom stereocenters. The van der Waals surface area contributed by atoms with Crippen molar-refractivity contribution >= 4 is 61.1 Å². The third-order valence-corrected chi connectivity index (χ3v) is 5.83. The Morgan fingerprint density at radius 2 is 1.62 bits per heavy atom. The number of nitriles is 1. The summed E-state index contributed by atoms with van der Waals surface area (Å²) >= 11 is 6.87. The van der Waals surface area contributed by atoms with E-state index >= 15 is 0 Å². The van der Waals surface area contributed by atoms with Crippen molar-refractivity contribution in [3.05, 3.63) is 91.9 Å². The number of hydrogen-bond donors (Lipinski definition) is 2. The number of anilines is 2. The fourth-order valence-electron chi connectivity index (χ4n) is 3.01. The van der Waals surface area contributed by atoms with Gasteiger partial charge in [0.1, 0.15) is 17.4 Å². The van der Waals surface area contributed by atoms with Crippen molar-refractivity contribution in [3.8, 4) is 11.8 Å². The molecule has 2 N–H and O–H groups in total. The molecule has 0 aromatic heterocycles. The first kappa shape index (κ1) is 25.2. The minimum Gasteiger partial charge on any atom is -0.481 e. The summed E-state index contributed by atoms with van der Waals surface area (Å²) in [5.41, 5.74) is 3.96. The molecule has 0 bridgehead atoms. The Bertz CT molecular complexity index is 1270. The number of carbonyl (C=O) groups excluding carboxylic acids is 2. The SMILES string of the molecule is Cc1ccc(NC(=O)/C(C#N)=C\c2cc(Br)c(OCC(=O)Nc3cccc(C)c3)c(Br)c2)cc1. The van der Waals surface area contributed by atoms with Crippen molar-refractivity contribution in [2.75, 3.05) is 17.2 Å². The molecule has 0 spiro atoms. The van der Waals surface area contributed by atoms with E-state index in [9.17, 15) is 14.9 Å². The number of aryl methyl sites for hydroxylation is 2. The van der Waals surface area contributed by atoms with Crippen molar-refractivity contribution in [2.24, 2.45) is 0 Å². The number of halogens is 2. The predicted molar refractivity (Wildman–Crippen MR) is 141 cm³/mol. The van der Waals surface area contributed by atoms with Crippen LogP contribution in [0.4, 0.5) is 11.4 Å². The molecule has 0 aliphatic heterocycles. The van der Waals surface area contributed by atoms with Gasteiger partial charge in [-0.05, 0) is 99.3 Å². The predicted octanol–water partition coefficient (Wildman–Crippen LogP) is 6.39. The Morgan fingerprint density at radius 1 is 0.941 bits per heavy atom. The molecule has 2 amide bonds. The van der Waals surface area contributed by atoms with Gasteiger partial charge in [0.2, 0.25) is 0 Å². The summed E-state index contributed by atoms with van der Waals surface area (Å²) in [6.45, 7) is 3.70. The Kier molecular flexibility index (Phi) is 8.63. The number of nitrogens with one attached hydrogen (secondary N) is 2. The lowest BCUT2D eigenvalue weighted by atomic mass is 10.1. The normalized spacial score (nSPS) is 10.9. The summed E-state index contributed by atoms with van der Waals surface area (Å²) in [4.78, 5) is 24.8. The van der Waals surface area contributed by atoms with Crippen molar-refractivity contribution in [3.63, 3.8) is 0 Å². The number of nitrogens with zero attached hydrogens (tertiary/aromatic N) is 1. The molecule has 0 aliphatic carbocycles. The molecule has 3 rings (SSSR count). The Balaban J connectivity index is 1.69. The maximum absolute atomic E-state index is 12.5. The highest BCUT2D eigenvalue weighted by Gasteiger charge is 2.14. The summed E-state index contributed by atoms with van der Waals surface area (Å²) in [7, 11) is 0. The van der Waals surface area contributed by atoms with Crippen LogP contribution in [-0.4, -0.2) is 18.4 Å². The zero-order chi connectivity index (χ0) is 24.7. The standard InChI is InChI=1S/C26H21Br2N3O3/c1-16-6-8-20(9-7-16)31-26(33)19(14-29)11-18-12-22(27)25(23(28)13-18)34-15-24(32)30-21-5-3-4-17(2)10-21/h3-13H,15H2,1-2H3,(H,30,32)(H,31,33)/b19-11-. The van der Waals surface area contributed by atoms with E-state index in [4.69, 9.17) is 4.74 Å². The van der Waals surface area contributed by atoms with Crippen molar-refractivity contribution in [1.82, 2.24) is 0 Å². The van der Waals surface area contributed by atoms with Crippen LogP contribution < -0.4 is 15.4 Å². The molecule has 8 heteroatoms. The Morgan fingerprint density at radius 3 is 2.24 bits per heavy atom. The van der Waals surface area contributed by atoms with Crippen LogP contribution in [0.25, 0.3) is 6.08 Å². The van der Waals surface area contributed by atoms with E-state index in [1.165, 1.54) is 6.08 Å². The van der Waals surface area contributed by atoms with E-state index in [1.54, 1.807) is 30.3 Å². The highest BCUT2D eigenvalue weighted by Crippen LogP contribution is 2.35. The smallest absolute Gasteiger partial charge is 0.266 e. The molecule has 0 unspecified atom stereocenters. The van der Waals surface area contributed by atoms with Crippen LogP contribution in [0.3, 0.4) is 0 Å². The molecule has 34 heavy (non-hydrogen) atoms. The van der Waals surface area contributed by atoms with Crippen molar-refractivity contribution in [2.45, 2.75) is 13.8 Å². The lowest BCUT2D eigenvalue weighted by Gasteiger charge is -2.12. The van der Waals surface area contributed by atoms with Crippen LogP contribution in [0.15, 0.2) is 75.2 Å². The first-order valence-electron chi connectivity index (χ1n) is 10.2.